The summed E-state index contributed by atoms with van der Waals surface area (Å²) in [6.45, 7) is 1.95. The summed E-state index contributed by atoms with van der Waals surface area (Å²) in [4.78, 5) is 16.8. The van der Waals surface area contributed by atoms with Crippen molar-refractivity contribution in [3.63, 3.8) is 0 Å². The molecule has 2 amide bonds. The molecule has 5 heteroatoms. The number of anilines is 1. The van der Waals surface area contributed by atoms with Crippen LogP contribution in [0.15, 0.2) is 41.9 Å². The maximum atomic E-state index is 11.7. The summed E-state index contributed by atoms with van der Waals surface area (Å²) in [7, 11) is 0. The van der Waals surface area contributed by atoms with Gasteiger partial charge in [0.2, 0.25) is 0 Å². The molecule has 0 aliphatic carbocycles. The summed E-state index contributed by atoms with van der Waals surface area (Å²) >= 11 is 1.62. The zero-order valence-electron chi connectivity index (χ0n) is 9.38. The summed E-state index contributed by atoms with van der Waals surface area (Å²) in [6, 6.07) is 9.09. The number of pyridine rings is 1. The van der Waals surface area contributed by atoms with Gasteiger partial charge in [-0.15, -0.1) is 11.3 Å². The van der Waals surface area contributed by atoms with E-state index in [1.54, 1.807) is 29.7 Å². The van der Waals surface area contributed by atoms with E-state index in [1.165, 1.54) is 0 Å². The van der Waals surface area contributed by atoms with Crippen molar-refractivity contribution < 1.29 is 4.79 Å². The molecule has 2 heterocycles. The van der Waals surface area contributed by atoms with Gasteiger partial charge in [-0.25, -0.2) is 9.78 Å². The van der Waals surface area contributed by atoms with Gasteiger partial charge in [0.05, 0.1) is 6.04 Å². The van der Waals surface area contributed by atoms with Crippen LogP contribution < -0.4 is 10.6 Å². The molecule has 0 radical (unpaired) electrons. The first-order chi connectivity index (χ1) is 8.25. The lowest BCUT2D eigenvalue weighted by atomic mass is 10.3. The van der Waals surface area contributed by atoms with E-state index in [9.17, 15) is 4.79 Å². The van der Waals surface area contributed by atoms with E-state index in [-0.39, 0.29) is 12.1 Å². The number of carbonyl (C=O) groups excluding carboxylic acids is 1. The van der Waals surface area contributed by atoms with Crippen LogP contribution in [-0.4, -0.2) is 11.0 Å². The predicted molar refractivity (Wildman–Crippen MR) is 69.1 cm³/mol. The third kappa shape index (κ3) is 3.29. The van der Waals surface area contributed by atoms with E-state index < -0.39 is 0 Å². The number of amides is 2. The van der Waals surface area contributed by atoms with Gasteiger partial charge in [0, 0.05) is 11.1 Å². The zero-order chi connectivity index (χ0) is 12.1. The molecule has 0 saturated carbocycles. The lowest BCUT2D eigenvalue weighted by Crippen LogP contribution is -2.31. The van der Waals surface area contributed by atoms with Crippen LogP contribution in [0.1, 0.15) is 17.8 Å². The highest BCUT2D eigenvalue weighted by molar-refractivity contribution is 7.10. The minimum atomic E-state index is -0.246. The first-order valence-electron chi connectivity index (χ1n) is 5.27. The summed E-state index contributed by atoms with van der Waals surface area (Å²) < 4.78 is 0. The molecule has 88 valence electrons. The molecular weight excluding hydrogens is 234 g/mol. The topological polar surface area (TPSA) is 54.0 Å². The van der Waals surface area contributed by atoms with Crippen LogP contribution >= 0.6 is 11.3 Å². The summed E-state index contributed by atoms with van der Waals surface area (Å²) in [5.74, 6) is 0.545. The molecule has 0 aliphatic rings. The van der Waals surface area contributed by atoms with Crippen molar-refractivity contribution in [1.82, 2.24) is 10.3 Å². The van der Waals surface area contributed by atoms with E-state index >= 15 is 0 Å². The molecular formula is C12H13N3OS. The molecule has 0 aliphatic heterocycles. The minimum absolute atomic E-state index is 0.00119. The second-order valence-electron chi connectivity index (χ2n) is 3.55. The highest BCUT2D eigenvalue weighted by Crippen LogP contribution is 2.17. The Balaban J connectivity index is 1.90. The van der Waals surface area contributed by atoms with Crippen molar-refractivity contribution in [2.24, 2.45) is 0 Å². The largest absolute Gasteiger partial charge is 0.330 e. The van der Waals surface area contributed by atoms with E-state index in [0.717, 1.165) is 4.88 Å². The van der Waals surface area contributed by atoms with Crippen LogP contribution in [0.25, 0.3) is 0 Å². The zero-order valence-corrected chi connectivity index (χ0v) is 10.2. The van der Waals surface area contributed by atoms with Crippen LogP contribution in [0.2, 0.25) is 0 Å². The Morgan fingerprint density at radius 1 is 1.35 bits per heavy atom. The Morgan fingerprint density at radius 3 is 2.88 bits per heavy atom. The number of urea groups is 1. The van der Waals surface area contributed by atoms with Crippen LogP contribution in [0.5, 0.6) is 0 Å². The van der Waals surface area contributed by atoms with Gasteiger partial charge in [-0.2, -0.15) is 0 Å². The van der Waals surface area contributed by atoms with Gasteiger partial charge in [-0.1, -0.05) is 12.1 Å². The number of nitrogens with zero attached hydrogens (tertiary/aromatic N) is 1. The fourth-order valence-corrected chi connectivity index (χ4v) is 2.13. The van der Waals surface area contributed by atoms with Crippen molar-refractivity contribution in [2.75, 3.05) is 5.32 Å². The van der Waals surface area contributed by atoms with Gasteiger partial charge in [0.15, 0.2) is 0 Å². The lowest BCUT2D eigenvalue weighted by Gasteiger charge is -2.12. The summed E-state index contributed by atoms with van der Waals surface area (Å²) in [5.41, 5.74) is 0. The van der Waals surface area contributed by atoms with Crippen molar-refractivity contribution in [1.29, 1.82) is 0 Å². The van der Waals surface area contributed by atoms with Gasteiger partial charge in [0.25, 0.3) is 0 Å². The quantitative estimate of drug-likeness (QED) is 0.876. The second-order valence-corrected chi connectivity index (χ2v) is 4.53. The molecule has 2 rings (SSSR count). The number of rotatable bonds is 3. The van der Waals surface area contributed by atoms with Crippen molar-refractivity contribution in [2.45, 2.75) is 13.0 Å². The summed E-state index contributed by atoms with van der Waals surface area (Å²) in [6.07, 6.45) is 1.64. The molecule has 0 bridgehead atoms. The van der Waals surface area contributed by atoms with Crippen molar-refractivity contribution in [3.8, 4) is 0 Å². The monoisotopic (exact) mass is 247 g/mol. The number of carbonyl (C=O) groups is 1. The molecule has 1 atom stereocenters. The Hall–Kier alpha value is -1.88. The third-order valence-electron chi connectivity index (χ3n) is 2.22. The second kappa shape index (κ2) is 5.45. The fourth-order valence-electron chi connectivity index (χ4n) is 1.39. The maximum Gasteiger partial charge on any atom is 0.320 e. The Labute approximate surface area is 104 Å². The van der Waals surface area contributed by atoms with Gasteiger partial charge in [-0.05, 0) is 30.5 Å². The number of nitrogens with one attached hydrogen (secondary N) is 2. The molecule has 0 fully saturated rings. The maximum absolute atomic E-state index is 11.7. The number of hydrogen-bond donors (Lipinski definition) is 2. The van der Waals surface area contributed by atoms with Crippen LogP contribution in [0, 0.1) is 0 Å². The van der Waals surface area contributed by atoms with Crippen LogP contribution in [0.4, 0.5) is 10.6 Å². The third-order valence-corrected chi connectivity index (χ3v) is 3.28. The van der Waals surface area contributed by atoms with Gasteiger partial charge >= 0.3 is 6.03 Å². The van der Waals surface area contributed by atoms with Crippen LogP contribution in [-0.2, 0) is 0 Å². The van der Waals surface area contributed by atoms with E-state index in [0.29, 0.717) is 5.82 Å². The van der Waals surface area contributed by atoms with Crippen molar-refractivity contribution >= 4 is 23.2 Å². The average molecular weight is 247 g/mol. The normalized spacial score (nSPS) is 11.8. The van der Waals surface area contributed by atoms with Gasteiger partial charge in [-0.3, -0.25) is 5.32 Å². The van der Waals surface area contributed by atoms with Crippen LogP contribution in [0.3, 0.4) is 0 Å². The standard InChI is InChI=1S/C12H13N3OS/c1-9(10-5-4-8-17-10)14-12(16)15-11-6-2-3-7-13-11/h2-9H,1H3,(H2,13,14,15,16)/t9-/m1/s1. The molecule has 2 aromatic heterocycles. The first-order valence-corrected chi connectivity index (χ1v) is 6.15. The Bertz CT molecular complexity index is 470. The highest BCUT2D eigenvalue weighted by atomic mass is 32.1. The molecule has 2 N–H and O–H groups in total. The lowest BCUT2D eigenvalue weighted by molar-refractivity contribution is 0.249. The summed E-state index contributed by atoms with van der Waals surface area (Å²) in [5, 5.41) is 7.52. The minimum Gasteiger partial charge on any atom is -0.330 e. The molecule has 0 unspecified atom stereocenters. The van der Waals surface area contributed by atoms with Gasteiger partial charge in [0.1, 0.15) is 5.82 Å². The molecule has 0 aromatic carbocycles. The van der Waals surface area contributed by atoms with Gasteiger partial charge < -0.3 is 5.32 Å². The molecule has 17 heavy (non-hydrogen) atoms. The molecule has 4 nitrogen and oxygen atoms in total. The SMILES string of the molecule is C[C@@H](NC(=O)Nc1ccccn1)c1cccs1. The smallest absolute Gasteiger partial charge is 0.320 e. The fraction of sp³-hybridized carbons (Fsp3) is 0.167. The van der Waals surface area contributed by atoms with E-state index in [1.807, 2.05) is 30.5 Å². The van der Waals surface area contributed by atoms with Crippen molar-refractivity contribution in [3.05, 3.63) is 46.8 Å². The Morgan fingerprint density at radius 2 is 2.24 bits per heavy atom. The number of aromatic nitrogens is 1. The van der Waals surface area contributed by atoms with E-state index in [2.05, 4.69) is 15.6 Å². The number of hydrogen-bond acceptors (Lipinski definition) is 3. The molecule has 0 spiro atoms. The number of thiophene rings is 1. The molecule has 0 saturated heterocycles. The first kappa shape index (κ1) is 11.6. The Kier molecular flexibility index (Phi) is 3.72. The highest BCUT2D eigenvalue weighted by Gasteiger charge is 2.10. The van der Waals surface area contributed by atoms with E-state index in [4.69, 9.17) is 0 Å². The average Bonchev–Trinajstić information content (AvgIpc) is 2.83. The molecule has 2 aromatic rings. The predicted octanol–water partition coefficient (Wildman–Crippen LogP) is 3.03.